The van der Waals surface area contributed by atoms with Crippen LogP contribution in [-0.4, -0.2) is 14.8 Å². The van der Waals surface area contributed by atoms with Gasteiger partial charge in [0, 0.05) is 36.1 Å². The molecule has 2 aromatic heterocycles. The molecular formula is C16H24N4. The topological polar surface area (TPSA) is 42.7 Å². The summed E-state index contributed by atoms with van der Waals surface area (Å²) in [7, 11) is 0. The molecule has 0 aliphatic heterocycles. The van der Waals surface area contributed by atoms with Gasteiger partial charge in [0.15, 0.2) is 0 Å². The Morgan fingerprint density at radius 2 is 1.95 bits per heavy atom. The number of aromatic nitrogens is 3. The van der Waals surface area contributed by atoms with Gasteiger partial charge in [0.25, 0.3) is 0 Å². The maximum absolute atomic E-state index is 4.59. The molecule has 0 fully saturated rings. The Kier molecular flexibility index (Phi) is 4.55. The van der Waals surface area contributed by atoms with Crippen LogP contribution >= 0.6 is 0 Å². The van der Waals surface area contributed by atoms with Gasteiger partial charge in [-0.1, -0.05) is 6.07 Å². The molecule has 0 radical (unpaired) electrons. The second kappa shape index (κ2) is 6.18. The highest BCUT2D eigenvalue weighted by atomic mass is 15.3. The van der Waals surface area contributed by atoms with Crippen molar-refractivity contribution < 1.29 is 0 Å². The van der Waals surface area contributed by atoms with E-state index in [1.807, 2.05) is 18.3 Å². The zero-order chi connectivity index (χ0) is 14.7. The molecule has 4 nitrogen and oxygen atoms in total. The van der Waals surface area contributed by atoms with Crippen LogP contribution < -0.4 is 5.32 Å². The number of nitrogens with zero attached hydrogens (tertiary/aromatic N) is 3. The van der Waals surface area contributed by atoms with E-state index in [1.165, 1.54) is 11.3 Å². The summed E-state index contributed by atoms with van der Waals surface area (Å²) in [6.07, 6.45) is 1.84. The molecule has 1 unspecified atom stereocenters. The number of aryl methyl sites for hydroxylation is 2. The minimum Gasteiger partial charge on any atom is -0.302 e. The largest absolute Gasteiger partial charge is 0.302 e. The van der Waals surface area contributed by atoms with Crippen molar-refractivity contribution in [2.45, 2.75) is 53.2 Å². The monoisotopic (exact) mass is 272 g/mol. The molecule has 0 saturated heterocycles. The Bertz CT molecular complexity index is 559. The van der Waals surface area contributed by atoms with Crippen LogP contribution in [0.4, 0.5) is 0 Å². The normalized spacial score (nSPS) is 14.2. The lowest BCUT2D eigenvalue weighted by molar-refractivity contribution is 0.482. The second-order valence-electron chi connectivity index (χ2n) is 5.26. The highest BCUT2D eigenvalue weighted by Gasteiger charge is 2.19. The predicted octanol–water partition coefficient (Wildman–Crippen LogP) is 3.33. The molecule has 2 heterocycles. The number of pyridine rings is 1. The van der Waals surface area contributed by atoms with Crippen molar-refractivity contribution in [1.82, 2.24) is 20.1 Å². The number of rotatable bonds is 5. The van der Waals surface area contributed by atoms with Gasteiger partial charge >= 0.3 is 0 Å². The molecule has 2 rings (SSSR count). The van der Waals surface area contributed by atoms with Gasteiger partial charge in [-0.25, -0.2) is 0 Å². The van der Waals surface area contributed by atoms with Crippen LogP contribution in [0.2, 0.25) is 0 Å². The summed E-state index contributed by atoms with van der Waals surface area (Å²) in [5.74, 6) is 0. The molecule has 0 aliphatic rings. The molecule has 0 saturated carbocycles. The number of nitrogens with one attached hydrogen (secondary N) is 1. The Hall–Kier alpha value is -1.68. The van der Waals surface area contributed by atoms with Crippen molar-refractivity contribution in [2.24, 2.45) is 0 Å². The lowest BCUT2D eigenvalue weighted by atomic mass is 10.0. The third-order valence-electron chi connectivity index (χ3n) is 3.80. The van der Waals surface area contributed by atoms with Gasteiger partial charge < -0.3 is 5.32 Å². The predicted molar refractivity (Wildman–Crippen MR) is 81.6 cm³/mol. The third kappa shape index (κ3) is 2.90. The first kappa shape index (κ1) is 14.7. The van der Waals surface area contributed by atoms with Crippen LogP contribution in [0.3, 0.4) is 0 Å². The van der Waals surface area contributed by atoms with Gasteiger partial charge in [-0.15, -0.1) is 0 Å². The Labute approximate surface area is 121 Å². The fourth-order valence-corrected chi connectivity index (χ4v) is 2.82. The summed E-state index contributed by atoms with van der Waals surface area (Å²) in [5.41, 5.74) is 4.72. The maximum Gasteiger partial charge on any atom is 0.0644 e. The van der Waals surface area contributed by atoms with Crippen LogP contribution in [0.25, 0.3) is 0 Å². The van der Waals surface area contributed by atoms with Crippen molar-refractivity contribution in [2.75, 3.05) is 0 Å². The summed E-state index contributed by atoms with van der Waals surface area (Å²) in [5, 5.41) is 8.21. The zero-order valence-corrected chi connectivity index (χ0v) is 13.0. The summed E-state index contributed by atoms with van der Waals surface area (Å²) < 4.78 is 2.06. The maximum atomic E-state index is 4.59. The van der Waals surface area contributed by atoms with E-state index in [0.29, 0.717) is 0 Å². The molecule has 0 aliphatic carbocycles. The Morgan fingerprint density at radius 3 is 2.50 bits per heavy atom. The minimum atomic E-state index is 0.218. The van der Waals surface area contributed by atoms with E-state index in [1.54, 1.807) is 0 Å². The number of hydrogen-bond donors (Lipinski definition) is 1. The van der Waals surface area contributed by atoms with E-state index in [9.17, 15) is 0 Å². The summed E-state index contributed by atoms with van der Waals surface area (Å²) in [6.45, 7) is 11.6. The van der Waals surface area contributed by atoms with Gasteiger partial charge in [-0.05, 0) is 46.8 Å². The highest BCUT2D eigenvalue weighted by molar-refractivity contribution is 5.28. The fourth-order valence-electron chi connectivity index (χ4n) is 2.82. The van der Waals surface area contributed by atoms with Gasteiger partial charge in [-0.2, -0.15) is 5.10 Å². The lowest BCUT2D eigenvalue weighted by Gasteiger charge is -2.20. The molecule has 0 amide bonds. The van der Waals surface area contributed by atoms with E-state index >= 15 is 0 Å². The van der Waals surface area contributed by atoms with E-state index in [4.69, 9.17) is 0 Å². The minimum absolute atomic E-state index is 0.218. The second-order valence-corrected chi connectivity index (χ2v) is 5.26. The lowest BCUT2D eigenvalue weighted by Crippen LogP contribution is -2.24. The standard InChI is InChI=1S/C16H24N4/c1-6-20-14(5)16(13(4)19-20)12(3)18-11(2)15-9-7-8-10-17-15/h7-12,18H,6H2,1-5H3/t11-,12?/m1/s1. The Morgan fingerprint density at radius 1 is 1.20 bits per heavy atom. The number of hydrogen-bond acceptors (Lipinski definition) is 3. The van der Waals surface area contributed by atoms with E-state index in [0.717, 1.165) is 17.9 Å². The van der Waals surface area contributed by atoms with Crippen LogP contribution in [0.5, 0.6) is 0 Å². The summed E-state index contributed by atoms with van der Waals surface area (Å²) >= 11 is 0. The molecule has 0 bridgehead atoms. The first-order valence-electron chi connectivity index (χ1n) is 7.25. The molecule has 20 heavy (non-hydrogen) atoms. The third-order valence-corrected chi connectivity index (χ3v) is 3.80. The van der Waals surface area contributed by atoms with Gasteiger partial charge in [0.2, 0.25) is 0 Å². The van der Waals surface area contributed by atoms with E-state index in [2.05, 4.69) is 60.8 Å². The highest BCUT2D eigenvalue weighted by Crippen LogP contribution is 2.24. The fraction of sp³-hybridized carbons (Fsp3) is 0.500. The average molecular weight is 272 g/mol. The van der Waals surface area contributed by atoms with Crippen LogP contribution in [0, 0.1) is 13.8 Å². The van der Waals surface area contributed by atoms with Crippen molar-refractivity contribution in [3.05, 3.63) is 47.0 Å². The van der Waals surface area contributed by atoms with Crippen LogP contribution in [0.15, 0.2) is 24.4 Å². The smallest absolute Gasteiger partial charge is 0.0644 e. The quantitative estimate of drug-likeness (QED) is 0.908. The first-order chi connectivity index (χ1) is 9.54. The van der Waals surface area contributed by atoms with Crippen LogP contribution in [0.1, 0.15) is 55.5 Å². The van der Waals surface area contributed by atoms with Crippen LogP contribution in [-0.2, 0) is 6.54 Å². The average Bonchev–Trinajstić information content (AvgIpc) is 2.74. The molecule has 1 N–H and O–H groups in total. The molecule has 0 spiro atoms. The van der Waals surface area contributed by atoms with Crippen molar-refractivity contribution >= 4 is 0 Å². The summed E-state index contributed by atoms with van der Waals surface area (Å²) in [4.78, 5) is 4.41. The van der Waals surface area contributed by atoms with Gasteiger partial charge in [0.05, 0.1) is 11.4 Å². The van der Waals surface area contributed by atoms with E-state index in [-0.39, 0.29) is 12.1 Å². The molecule has 2 aromatic rings. The van der Waals surface area contributed by atoms with E-state index < -0.39 is 0 Å². The zero-order valence-electron chi connectivity index (χ0n) is 13.0. The molecule has 108 valence electrons. The Balaban J connectivity index is 2.16. The molecule has 4 heteroatoms. The van der Waals surface area contributed by atoms with Crippen molar-refractivity contribution in [3.63, 3.8) is 0 Å². The molecule has 0 aromatic carbocycles. The van der Waals surface area contributed by atoms with Crippen molar-refractivity contribution in [3.8, 4) is 0 Å². The van der Waals surface area contributed by atoms with Gasteiger partial charge in [0.1, 0.15) is 0 Å². The van der Waals surface area contributed by atoms with Crippen molar-refractivity contribution in [1.29, 1.82) is 0 Å². The van der Waals surface area contributed by atoms with Gasteiger partial charge in [-0.3, -0.25) is 9.67 Å². The molecular weight excluding hydrogens is 248 g/mol. The summed E-state index contributed by atoms with van der Waals surface area (Å²) in [6, 6.07) is 6.50. The SMILES string of the molecule is CCn1nc(C)c(C(C)N[C@H](C)c2ccccn2)c1C. The first-order valence-corrected chi connectivity index (χ1v) is 7.25. The molecule has 2 atom stereocenters.